The molecule has 0 atom stereocenters. The minimum absolute atomic E-state index is 0.356. The number of hydrogen-bond acceptors (Lipinski definition) is 13. The van der Waals surface area contributed by atoms with Crippen molar-refractivity contribution >= 4 is 52.9 Å². The van der Waals surface area contributed by atoms with Gasteiger partial charge in [-0.05, 0) is 50.4 Å². The normalized spacial score (nSPS) is 16.4. The fraction of sp³-hybridized carbons (Fsp3) is 0.556. The minimum Gasteiger partial charge on any atom is -0.494 e. The maximum Gasteiger partial charge on any atom is 0.229 e. The lowest BCUT2D eigenvalue weighted by atomic mass is 10.0. The number of piperidine rings is 1. The van der Waals surface area contributed by atoms with Crippen LogP contribution < -0.4 is 31.3 Å². The number of methoxy groups -OCH3 is 1. The Labute approximate surface area is 307 Å². The van der Waals surface area contributed by atoms with Gasteiger partial charge in [-0.2, -0.15) is 4.98 Å². The number of anilines is 5. The maximum atomic E-state index is 12.9. The molecular formula is C36H54ClN8O5P. The molecule has 3 aromatic rings. The predicted molar refractivity (Wildman–Crippen MR) is 207 cm³/mol. The number of halogens is 1. The summed E-state index contributed by atoms with van der Waals surface area (Å²) in [6, 6.07) is 14.3. The average molecular weight is 745 g/mol. The standard InChI is InChI=1S/C36H54ClN8O5P/c1-47-33-26-29(8-9-31(33)41-36-39-27-30(37)35(42-36)40-32-6-4-5-7-34(32)51(2,3)46)44-13-10-28(11-14-44)45-17-15-43(16-18-45)19-21-49-23-25-50-24-22-48-20-12-38/h4-9,26-28H,10-25,38H2,1-3H3,(H2,39,40,41,42). The first-order chi connectivity index (χ1) is 24.7. The van der Waals surface area contributed by atoms with E-state index in [-0.39, 0.29) is 0 Å². The molecule has 4 N–H and O–H groups in total. The van der Waals surface area contributed by atoms with Crippen molar-refractivity contribution in [2.45, 2.75) is 18.9 Å². The summed E-state index contributed by atoms with van der Waals surface area (Å²) in [7, 11) is -0.859. The van der Waals surface area contributed by atoms with E-state index in [0.717, 1.165) is 81.9 Å². The zero-order chi connectivity index (χ0) is 36.1. The SMILES string of the molecule is COc1cc(N2CCC(N3CCN(CCOCCOCCOCCN)CC3)CC2)ccc1Nc1ncc(Cl)c(Nc2ccccc2P(C)(C)=O)n1. The summed E-state index contributed by atoms with van der Waals surface area (Å²) in [6.07, 6.45) is 3.80. The molecule has 1 aromatic heterocycles. The third-order valence-corrected chi connectivity index (χ3v) is 11.1. The van der Waals surface area contributed by atoms with Gasteiger partial charge >= 0.3 is 0 Å². The smallest absolute Gasteiger partial charge is 0.229 e. The van der Waals surface area contributed by atoms with Gasteiger partial charge in [0.2, 0.25) is 5.95 Å². The van der Waals surface area contributed by atoms with Crippen LogP contribution in [-0.4, -0.2) is 138 Å². The Bertz CT molecular complexity index is 1570. The Hall–Kier alpha value is -3.00. The topological polar surface area (TPSA) is 140 Å². The highest BCUT2D eigenvalue weighted by molar-refractivity contribution is 7.70. The van der Waals surface area contributed by atoms with Crippen LogP contribution in [0.4, 0.5) is 28.8 Å². The van der Waals surface area contributed by atoms with E-state index in [0.29, 0.717) is 73.8 Å². The van der Waals surface area contributed by atoms with Crippen molar-refractivity contribution in [1.82, 2.24) is 19.8 Å². The zero-order valence-electron chi connectivity index (χ0n) is 30.2. The first-order valence-corrected chi connectivity index (χ1v) is 20.8. The van der Waals surface area contributed by atoms with Gasteiger partial charge in [0, 0.05) is 75.5 Å². The van der Waals surface area contributed by atoms with Gasteiger partial charge in [0.05, 0.1) is 64.3 Å². The van der Waals surface area contributed by atoms with Gasteiger partial charge < -0.3 is 44.8 Å². The van der Waals surface area contributed by atoms with Crippen LogP contribution in [0, 0.1) is 0 Å². The maximum absolute atomic E-state index is 12.9. The summed E-state index contributed by atoms with van der Waals surface area (Å²) >= 11 is 6.46. The number of aromatic nitrogens is 2. The Morgan fingerprint density at radius 2 is 1.57 bits per heavy atom. The molecule has 280 valence electrons. The number of nitrogens with zero attached hydrogens (tertiary/aromatic N) is 5. The average Bonchev–Trinajstić information content (AvgIpc) is 3.14. The summed E-state index contributed by atoms with van der Waals surface area (Å²) in [5.74, 6) is 1.48. The molecule has 0 unspecified atom stereocenters. The second-order valence-electron chi connectivity index (χ2n) is 13.1. The molecule has 5 rings (SSSR count). The van der Waals surface area contributed by atoms with Gasteiger partial charge in [-0.15, -0.1) is 0 Å². The van der Waals surface area contributed by atoms with E-state index in [4.69, 9.17) is 36.3 Å². The summed E-state index contributed by atoms with van der Waals surface area (Å²) in [4.78, 5) is 16.6. The molecule has 0 radical (unpaired) electrons. The molecular weight excluding hydrogens is 691 g/mol. The van der Waals surface area contributed by atoms with Gasteiger partial charge in [0.1, 0.15) is 17.9 Å². The number of benzene rings is 2. The highest BCUT2D eigenvalue weighted by Gasteiger charge is 2.28. The van der Waals surface area contributed by atoms with Crippen LogP contribution in [0.15, 0.2) is 48.7 Å². The van der Waals surface area contributed by atoms with Gasteiger partial charge in [-0.1, -0.05) is 23.7 Å². The van der Waals surface area contributed by atoms with E-state index in [1.807, 2.05) is 30.3 Å². The van der Waals surface area contributed by atoms with Crippen molar-refractivity contribution in [3.8, 4) is 5.75 Å². The summed E-state index contributed by atoms with van der Waals surface area (Å²) in [5, 5.41) is 7.63. The van der Waals surface area contributed by atoms with E-state index in [2.05, 4.69) is 47.4 Å². The van der Waals surface area contributed by atoms with Crippen LogP contribution in [0.2, 0.25) is 5.02 Å². The molecule has 0 saturated carbocycles. The number of nitrogens with two attached hydrogens (primary N) is 1. The highest BCUT2D eigenvalue weighted by Crippen LogP contribution is 2.39. The largest absolute Gasteiger partial charge is 0.494 e. The number of ether oxygens (including phenoxy) is 4. The van der Waals surface area contributed by atoms with Gasteiger partial charge in [0.25, 0.3) is 0 Å². The summed E-state index contributed by atoms with van der Waals surface area (Å²) < 4.78 is 35.3. The second-order valence-corrected chi connectivity index (χ2v) is 16.7. The number of rotatable bonds is 19. The van der Waals surface area contributed by atoms with Crippen LogP contribution in [0.1, 0.15) is 12.8 Å². The Kier molecular flexibility index (Phi) is 15.2. The quantitative estimate of drug-likeness (QED) is 0.118. The Balaban J connectivity index is 1.06. The fourth-order valence-electron chi connectivity index (χ4n) is 6.45. The summed E-state index contributed by atoms with van der Waals surface area (Å²) in [5.41, 5.74) is 7.98. The molecule has 2 saturated heterocycles. The lowest BCUT2D eigenvalue weighted by molar-refractivity contribution is 0.00719. The third kappa shape index (κ3) is 11.8. The molecule has 3 heterocycles. The molecule has 0 amide bonds. The van der Waals surface area contributed by atoms with E-state index < -0.39 is 7.14 Å². The molecule has 15 heteroatoms. The van der Waals surface area contributed by atoms with Gasteiger partial charge in [0.15, 0.2) is 5.82 Å². The zero-order valence-corrected chi connectivity index (χ0v) is 31.8. The molecule has 51 heavy (non-hydrogen) atoms. The molecule has 2 aliphatic heterocycles. The number of piperazine rings is 1. The van der Waals surface area contributed by atoms with Crippen molar-refractivity contribution in [2.75, 3.05) is 128 Å². The number of nitrogens with one attached hydrogen (secondary N) is 2. The van der Waals surface area contributed by atoms with Crippen molar-refractivity contribution in [3.05, 3.63) is 53.7 Å². The predicted octanol–water partition coefficient (Wildman–Crippen LogP) is 4.47. The van der Waals surface area contributed by atoms with E-state index in [1.54, 1.807) is 26.6 Å². The van der Waals surface area contributed by atoms with Crippen molar-refractivity contribution < 1.29 is 23.5 Å². The van der Waals surface area contributed by atoms with Crippen LogP contribution in [0.3, 0.4) is 0 Å². The molecule has 2 aromatic carbocycles. The second kappa shape index (κ2) is 19.7. The Morgan fingerprint density at radius 3 is 2.25 bits per heavy atom. The van der Waals surface area contributed by atoms with Gasteiger partial charge in [-0.3, -0.25) is 9.80 Å². The minimum atomic E-state index is -2.53. The van der Waals surface area contributed by atoms with Crippen molar-refractivity contribution in [2.24, 2.45) is 5.73 Å². The fourth-order valence-corrected chi connectivity index (χ4v) is 7.75. The molecule has 0 spiro atoms. The van der Waals surface area contributed by atoms with Crippen LogP contribution in [0.5, 0.6) is 5.75 Å². The molecule has 13 nitrogen and oxygen atoms in total. The Morgan fingerprint density at radius 1 is 0.882 bits per heavy atom. The third-order valence-electron chi connectivity index (χ3n) is 9.22. The molecule has 2 fully saturated rings. The molecule has 0 bridgehead atoms. The highest BCUT2D eigenvalue weighted by atomic mass is 35.5. The van der Waals surface area contributed by atoms with Gasteiger partial charge in [-0.25, -0.2) is 4.98 Å². The van der Waals surface area contributed by atoms with E-state index >= 15 is 0 Å². The summed E-state index contributed by atoms with van der Waals surface area (Å²) in [6.45, 7) is 15.0. The van der Waals surface area contributed by atoms with Crippen LogP contribution >= 0.6 is 18.7 Å². The monoisotopic (exact) mass is 744 g/mol. The van der Waals surface area contributed by atoms with E-state index in [9.17, 15) is 4.57 Å². The number of para-hydroxylation sites is 1. The van der Waals surface area contributed by atoms with Crippen molar-refractivity contribution in [3.63, 3.8) is 0 Å². The van der Waals surface area contributed by atoms with Crippen LogP contribution in [-0.2, 0) is 18.8 Å². The lowest BCUT2D eigenvalue weighted by Gasteiger charge is -2.43. The first kappa shape index (κ1) is 39.2. The molecule has 2 aliphatic rings. The van der Waals surface area contributed by atoms with Crippen molar-refractivity contribution in [1.29, 1.82) is 0 Å². The van der Waals surface area contributed by atoms with Crippen LogP contribution in [0.25, 0.3) is 0 Å². The van der Waals surface area contributed by atoms with E-state index in [1.165, 1.54) is 0 Å². The number of hydrogen-bond donors (Lipinski definition) is 3. The lowest BCUT2D eigenvalue weighted by Crippen LogP contribution is -2.53. The molecule has 0 aliphatic carbocycles. The first-order valence-electron chi connectivity index (χ1n) is 17.8.